The number of hydrogen-bond donors (Lipinski definition) is 1. The van der Waals surface area contributed by atoms with Crippen molar-refractivity contribution in [3.8, 4) is 0 Å². The van der Waals surface area contributed by atoms with E-state index < -0.39 is 0 Å². The van der Waals surface area contributed by atoms with Crippen molar-refractivity contribution in [3.63, 3.8) is 0 Å². The van der Waals surface area contributed by atoms with Gasteiger partial charge in [-0.2, -0.15) is 0 Å². The Kier molecular flexibility index (Phi) is 6.66. The van der Waals surface area contributed by atoms with Gasteiger partial charge in [0.05, 0.1) is 0 Å². The summed E-state index contributed by atoms with van der Waals surface area (Å²) in [6.45, 7) is 9.97. The summed E-state index contributed by atoms with van der Waals surface area (Å²) in [5.41, 5.74) is 0. The van der Waals surface area contributed by atoms with Gasteiger partial charge in [-0.25, -0.2) is 0 Å². The highest BCUT2D eigenvalue weighted by Gasteiger charge is 2.23. The van der Waals surface area contributed by atoms with E-state index in [4.69, 9.17) is 0 Å². The summed E-state index contributed by atoms with van der Waals surface area (Å²) in [7, 11) is 0. The highest BCUT2D eigenvalue weighted by Crippen LogP contribution is 2.29. The molecule has 1 N–H and O–H groups in total. The van der Waals surface area contributed by atoms with Gasteiger partial charge in [0.15, 0.2) is 0 Å². The molecule has 112 valence electrons. The van der Waals surface area contributed by atoms with Crippen LogP contribution < -0.4 is 5.32 Å². The molecule has 0 amide bonds. The molecule has 2 heteroatoms. The van der Waals surface area contributed by atoms with Crippen molar-refractivity contribution in [2.24, 2.45) is 11.8 Å². The van der Waals surface area contributed by atoms with Crippen molar-refractivity contribution in [2.75, 3.05) is 26.2 Å². The summed E-state index contributed by atoms with van der Waals surface area (Å²) < 4.78 is 0. The fourth-order valence-corrected chi connectivity index (χ4v) is 3.74. The molecule has 1 unspecified atom stereocenters. The lowest BCUT2D eigenvalue weighted by molar-refractivity contribution is 0.172. The van der Waals surface area contributed by atoms with E-state index in [0.29, 0.717) is 0 Å². The summed E-state index contributed by atoms with van der Waals surface area (Å²) in [4.78, 5) is 2.77. The van der Waals surface area contributed by atoms with E-state index in [1.54, 1.807) is 0 Å². The van der Waals surface area contributed by atoms with Gasteiger partial charge in [-0.3, -0.25) is 0 Å². The van der Waals surface area contributed by atoms with Crippen LogP contribution in [0, 0.1) is 11.8 Å². The lowest BCUT2D eigenvalue weighted by atomic mass is 9.83. The smallest absolute Gasteiger partial charge is 0.0195 e. The van der Waals surface area contributed by atoms with Crippen LogP contribution in [0.15, 0.2) is 0 Å². The van der Waals surface area contributed by atoms with Crippen LogP contribution in [-0.2, 0) is 0 Å². The maximum atomic E-state index is 3.67. The van der Waals surface area contributed by atoms with Gasteiger partial charge in [0.1, 0.15) is 0 Å². The van der Waals surface area contributed by atoms with Gasteiger partial charge in [0, 0.05) is 19.1 Å². The fraction of sp³-hybridized carbons (Fsp3) is 1.00. The predicted octanol–water partition coefficient (Wildman–Crippen LogP) is 3.67. The van der Waals surface area contributed by atoms with E-state index in [2.05, 4.69) is 24.1 Å². The standard InChI is InChI=1S/C17H34N2/c1-3-4-12-19(14-17-6-5-11-18-17)13-16-9-7-15(2)8-10-16/h15-18H,3-14H2,1-2H3. The van der Waals surface area contributed by atoms with Gasteiger partial charge >= 0.3 is 0 Å². The SMILES string of the molecule is CCCCN(CC1CCC(C)CC1)CC1CCCN1. The molecular weight excluding hydrogens is 232 g/mol. The summed E-state index contributed by atoms with van der Waals surface area (Å²) >= 11 is 0. The molecule has 1 aliphatic heterocycles. The topological polar surface area (TPSA) is 15.3 Å². The molecule has 2 fully saturated rings. The summed E-state index contributed by atoms with van der Waals surface area (Å²) in [6, 6.07) is 0.777. The zero-order chi connectivity index (χ0) is 13.5. The molecule has 1 atom stereocenters. The van der Waals surface area contributed by atoms with Gasteiger partial charge in [-0.15, -0.1) is 0 Å². The van der Waals surface area contributed by atoms with Crippen LogP contribution in [0.4, 0.5) is 0 Å². The van der Waals surface area contributed by atoms with Gasteiger partial charge < -0.3 is 10.2 Å². The Morgan fingerprint density at radius 3 is 2.47 bits per heavy atom. The number of hydrogen-bond acceptors (Lipinski definition) is 2. The van der Waals surface area contributed by atoms with Crippen molar-refractivity contribution in [3.05, 3.63) is 0 Å². The molecule has 0 aromatic rings. The molecule has 1 saturated heterocycles. The van der Waals surface area contributed by atoms with E-state index in [1.807, 2.05) is 0 Å². The van der Waals surface area contributed by atoms with E-state index in [-0.39, 0.29) is 0 Å². The molecule has 1 aliphatic carbocycles. The van der Waals surface area contributed by atoms with Crippen molar-refractivity contribution in [2.45, 2.75) is 71.3 Å². The maximum absolute atomic E-state index is 3.67. The Morgan fingerprint density at radius 2 is 1.84 bits per heavy atom. The molecule has 1 saturated carbocycles. The third-order valence-corrected chi connectivity index (χ3v) is 5.12. The first-order chi connectivity index (χ1) is 9.28. The minimum atomic E-state index is 0.777. The highest BCUT2D eigenvalue weighted by molar-refractivity contribution is 4.80. The molecule has 2 rings (SSSR count). The Bertz CT molecular complexity index is 227. The van der Waals surface area contributed by atoms with Crippen LogP contribution in [0.1, 0.15) is 65.2 Å². The normalized spacial score (nSPS) is 32.1. The Balaban J connectivity index is 1.75. The highest BCUT2D eigenvalue weighted by atomic mass is 15.2. The second-order valence-corrected chi connectivity index (χ2v) is 7.03. The Hall–Kier alpha value is -0.0800. The monoisotopic (exact) mass is 266 g/mol. The number of unbranched alkanes of at least 4 members (excludes halogenated alkanes) is 1. The predicted molar refractivity (Wildman–Crippen MR) is 83.5 cm³/mol. The Labute approximate surface area is 120 Å². The van der Waals surface area contributed by atoms with E-state index >= 15 is 0 Å². The average Bonchev–Trinajstić information content (AvgIpc) is 2.91. The number of rotatable bonds is 7. The fourth-order valence-electron chi connectivity index (χ4n) is 3.74. The molecule has 0 aromatic carbocycles. The van der Waals surface area contributed by atoms with E-state index in [0.717, 1.165) is 17.9 Å². The number of nitrogens with one attached hydrogen (secondary N) is 1. The molecule has 19 heavy (non-hydrogen) atoms. The third kappa shape index (κ3) is 5.43. The number of nitrogens with zero attached hydrogens (tertiary/aromatic N) is 1. The second-order valence-electron chi connectivity index (χ2n) is 7.03. The Morgan fingerprint density at radius 1 is 1.05 bits per heavy atom. The van der Waals surface area contributed by atoms with E-state index in [1.165, 1.54) is 77.5 Å². The van der Waals surface area contributed by atoms with Crippen molar-refractivity contribution >= 4 is 0 Å². The quantitative estimate of drug-likeness (QED) is 0.756. The first-order valence-electron chi connectivity index (χ1n) is 8.73. The van der Waals surface area contributed by atoms with Crippen LogP contribution in [0.2, 0.25) is 0 Å². The third-order valence-electron chi connectivity index (χ3n) is 5.12. The molecule has 2 nitrogen and oxygen atoms in total. The van der Waals surface area contributed by atoms with Crippen molar-refractivity contribution in [1.29, 1.82) is 0 Å². The summed E-state index contributed by atoms with van der Waals surface area (Å²) in [6.07, 6.45) is 11.4. The van der Waals surface area contributed by atoms with Crippen LogP contribution in [-0.4, -0.2) is 37.1 Å². The minimum Gasteiger partial charge on any atom is -0.313 e. The van der Waals surface area contributed by atoms with Crippen molar-refractivity contribution in [1.82, 2.24) is 10.2 Å². The van der Waals surface area contributed by atoms with Crippen LogP contribution in [0.3, 0.4) is 0 Å². The first kappa shape index (κ1) is 15.3. The van der Waals surface area contributed by atoms with Crippen molar-refractivity contribution < 1.29 is 0 Å². The van der Waals surface area contributed by atoms with Gasteiger partial charge in [-0.05, 0) is 57.0 Å². The zero-order valence-corrected chi connectivity index (χ0v) is 13.2. The molecule has 2 aliphatic rings. The molecular formula is C17H34N2. The van der Waals surface area contributed by atoms with Crippen LogP contribution in [0.5, 0.6) is 0 Å². The van der Waals surface area contributed by atoms with E-state index in [9.17, 15) is 0 Å². The molecule has 1 heterocycles. The van der Waals surface area contributed by atoms with Gasteiger partial charge in [0.25, 0.3) is 0 Å². The first-order valence-corrected chi connectivity index (χ1v) is 8.73. The maximum Gasteiger partial charge on any atom is 0.0195 e. The minimum absolute atomic E-state index is 0.777. The summed E-state index contributed by atoms with van der Waals surface area (Å²) in [5.74, 6) is 1.96. The summed E-state index contributed by atoms with van der Waals surface area (Å²) in [5, 5.41) is 3.67. The van der Waals surface area contributed by atoms with Gasteiger partial charge in [-0.1, -0.05) is 33.1 Å². The van der Waals surface area contributed by atoms with Crippen LogP contribution in [0.25, 0.3) is 0 Å². The van der Waals surface area contributed by atoms with Crippen LogP contribution >= 0.6 is 0 Å². The molecule has 0 radical (unpaired) electrons. The lowest BCUT2D eigenvalue weighted by Crippen LogP contribution is -2.41. The average molecular weight is 266 g/mol. The molecule has 0 aromatic heterocycles. The van der Waals surface area contributed by atoms with Gasteiger partial charge in [0.2, 0.25) is 0 Å². The molecule has 0 spiro atoms. The zero-order valence-electron chi connectivity index (χ0n) is 13.2. The molecule has 0 bridgehead atoms. The second kappa shape index (κ2) is 8.26. The largest absolute Gasteiger partial charge is 0.313 e. The lowest BCUT2D eigenvalue weighted by Gasteiger charge is -2.33.